The molecule has 0 radical (unpaired) electrons. The van der Waals surface area contributed by atoms with Gasteiger partial charge >= 0.3 is 11.9 Å². The van der Waals surface area contributed by atoms with Gasteiger partial charge in [-0.15, -0.1) is 0 Å². The first-order valence-electron chi connectivity index (χ1n) is 13.3. The molecule has 0 aliphatic heterocycles. The molecule has 1 aromatic carbocycles. The molecule has 0 unspecified atom stereocenters. The summed E-state index contributed by atoms with van der Waals surface area (Å²) in [4.78, 5) is 29.6. The zero-order chi connectivity index (χ0) is 25.0. The quantitative estimate of drug-likeness (QED) is 0.175. The Labute approximate surface area is 208 Å². The van der Waals surface area contributed by atoms with Crippen molar-refractivity contribution in [2.24, 2.45) is 0 Å². The van der Waals surface area contributed by atoms with Crippen LogP contribution in [0, 0.1) is 0 Å². The minimum absolute atomic E-state index is 0.263. The SMILES string of the molecule is CCCCCCCN(C)CCOC(=O)c1ccccc1C(=O)OCCN(C)CCCCCCC. The van der Waals surface area contributed by atoms with E-state index in [-0.39, 0.29) is 11.1 Å². The first-order chi connectivity index (χ1) is 16.5. The zero-order valence-corrected chi connectivity index (χ0v) is 22.2. The summed E-state index contributed by atoms with van der Waals surface area (Å²) < 4.78 is 10.9. The Morgan fingerprint density at radius 1 is 0.618 bits per heavy atom. The fourth-order valence-electron chi connectivity index (χ4n) is 3.78. The van der Waals surface area contributed by atoms with Crippen LogP contribution in [-0.4, -0.2) is 75.2 Å². The Kier molecular flexibility index (Phi) is 17.2. The number of likely N-dealkylation sites (N-methyl/N-ethyl adjacent to an activating group) is 2. The molecule has 1 rings (SSSR count). The van der Waals surface area contributed by atoms with Crippen LogP contribution in [0.4, 0.5) is 0 Å². The van der Waals surface area contributed by atoms with Gasteiger partial charge in [-0.1, -0.05) is 77.3 Å². The molecule has 34 heavy (non-hydrogen) atoms. The summed E-state index contributed by atoms with van der Waals surface area (Å²) in [5, 5.41) is 0. The highest BCUT2D eigenvalue weighted by Crippen LogP contribution is 2.12. The number of carbonyl (C=O) groups excluding carboxylic acids is 2. The van der Waals surface area contributed by atoms with Crippen molar-refractivity contribution in [1.82, 2.24) is 9.80 Å². The summed E-state index contributed by atoms with van der Waals surface area (Å²) in [5.74, 6) is -0.957. The van der Waals surface area contributed by atoms with Gasteiger partial charge in [0.1, 0.15) is 13.2 Å². The van der Waals surface area contributed by atoms with Crippen LogP contribution >= 0.6 is 0 Å². The number of benzene rings is 1. The van der Waals surface area contributed by atoms with Crippen LogP contribution in [0.15, 0.2) is 24.3 Å². The van der Waals surface area contributed by atoms with E-state index in [1.807, 2.05) is 14.1 Å². The molecule has 0 heterocycles. The van der Waals surface area contributed by atoms with Crippen LogP contribution in [-0.2, 0) is 9.47 Å². The number of rotatable bonds is 20. The molecule has 6 nitrogen and oxygen atoms in total. The molecule has 6 heteroatoms. The van der Waals surface area contributed by atoms with Crippen LogP contribution in [0.25, 0.3) is 0 Å². The van der Waals surface area contributed by atoms with Crippen molar-refractivity contribution in [2.45, 2.75) is 78.1 Å². The van der Waals surface area contributed by atoms with Gasteiger partial charge in [0.2, 0.25) is 0 Å². The first kappa shape index (κ1) is 30.1. The second-order valence-corrected chi connectivity index (χ2v) is 9.25. The van der Waals surface area contributed by atoms with Gasteiger partial charge in [0.15, 0.2) is 0 Å². The van der Waals surface area contributed by atoms with Crippen molar-refractivity contribution in [3.05, 3.63) is 35.4 Å². The summed E-state index contributed by atoms with van der Waals surface area (Å²) in [6, 6.07) is 6.72. The molecule has 0 aliphatic carbocycles. The number of ether oxygens (including phenoxy) is 2. The van der Waals surface area contributed by atoms with Gasteiger partial charge in [0, 0.05) is 13.1 Å². The van der Waals surface area contributed by atoms with Crippen LogP contribution in [0.3, 0.4) is 0 Å². The number of esters is 2. The molecule has 0 atom stereocenters. The summed E-state index contributed by atoms with van der Waals surface area (Å²) >= 11 is 0. The molecule has 0 aliphatic rings. The van der Waals surface area contributed by atoms with Crippen LogP contribution in [0.5, 0.6) is 0 Å². The Hall–Kier alpha value is -1.92. The highest BCUT2D eigenvalue weighted by Gasteiger charge is 2.19. The van der Waals surface area contributed by atoms with Gasteiger partial charge in [0.25, 0.3) is 0 Å². The molecule has 0 spiro atoms. The molecular weight excluding hydrogens is 428 g/mol. The molecule has 0 fully saturated rings. The molecule has 0 bridgehead atoms. The van der Waals surface area contributed by atoms with Crippen molar-refractivity contribution in [3.8, 4) is 0 Å². The standard InChI is InChI=1S/C28H48N2O4/c1-5-7-9-11-15-19-29(3)21-23-33-27(31)25-17-13-14-18-26(25)28(32)34-24-22-30(4)20-16-12-10-8-6-2/h13-14,17-18H,5-12,15-16,19-24H2,1-4H3. The second-order valence-electron chi connectivity index (χ2n) is 9.25. The topological polar surface area (TPSA) is 59.1 Å². The zero-order valence-electron chi connectivity index (χ0n) is 22.2. The summed E-state index contributed by atoms with van der Waals surface area (Å²) in [6.45, 7) is 8.39. The van der Waals surface area contributed by atoms with Gasteiger partial charge in [-0.05, 0) is 52.2 Å². The van der Waals surface area contributed by atoms with Crippen LogP contribution < -0.4 is 0 Å². The number of unbranched alkanes of at least 4 members (excludes halogenated alkanes) is 8. The fourth-order valence-corrected chi connectivity index (χ4v) is 3.78. The van der Waals surface area contributed by atoms with E-state index in [9.17, 15) is 9.59 Å². The number of carbonyl (C=O) groups is 2. The van der Waals surface area contributed by atoms with Crippen molar-refractivity contribution >= 4 is 11.9 Å². The van der Waals surface area contributed by atoms with Crippen LogP contribution in [0.2, 0.25) is 0 Å². The fraction of sp³-hybridized carbons (Fsp3) is 0.714. The summed E-state index contributed by atoms with van der Waals surface area (Å²) in [5.41, 5.74) is 0.526. The van der Waals surface area contributed by atoms with E-state index in [2.05, 4.69) is 23.6 Å². The Balaban J connectivity index is 2.36. The van der Waals surface area contributed by atoms with E-state index < -0.39 is 11.9 Å². The third-order valence-electron chi connectivity index (χ3n) is 6.07. The van der Waals surface area contributed by atoms with Gasteiger partial charge in [-0.3, -0.25) is 0 Å². The number of nitrogens with zero attached hydrogens (tertiary/aromatic N) is 2. The average Bonchev–Trinajstić information content (AvgIpc) is 2.83. The molecule has 0 saturated carbocycles. The predicted octanol–water partition coefficient (Wildman–Crippen LogP) is 5.80. The lowest BCUT2D eigenvalue weighted by Gasteiger charge is -2.17. The third-order valence-corrected chi connectivity index (χ3v) is 6.07. The third kappa shape index (κ3) is 13.7. The maximum Gasteiger partial charge on any atom is 0.339 e. The second kappa shape index (κ2) is 19.4. The van der Waals surface area contributed by atoms with Crippen molar-refractivity contribution in [1.29, 1.82) is 0 Å². The van der Waals surface area contributed by atoms with Gasteiger partial charge in [0.05, 0.1) is 11.1 Å². The van der Waals surface area contributed by atoms with E-state index in [1.54, 1.807) is 24.3 Å². The van der Waals surface area contributed by atoms with Crippen molar-refractivity contribution in [3.63, 3.8) is 0 Å². The monoisotopic (exact) mass is 476 g/mol. The van der Waals surface area contributed by atoms with Crippen LogP contribution in [0.1, 0.15) is 98.8 Å². The Bertz CT molecular complexity index is 623. The normalized spacial score (nSPS) is 11.2. The van der Waals surface area contributed by atoms with Gasteiger partial charge < -0.3 is 19.3 Å². The maximum absolute atomic E-state index is 12.6. The molecule has 0 aromatic heterocycles. The lowest BCUT2D eigenvalue weighted by atomic mass is 10.1. The molecule has 194 valence electrons. The highest BCUT2D eigenvalue weighted by molar-refractivity contribution is 6.03. The Morgan fingerprint density at radius 2 is 1.00 bits per heavy atom. The van der Waals surface area contributed by atoms with E-state index in [1.165, 1.54) is 51.4 Å². The number of hydrogen-bond acceptors (Lipinski definition) is 6. The molecule has 1 aromatic rings. The predicted molar refractivity (Wildman–Crippen MR) is 140 cm³/mol. The van der Waals surface area contributed by atoms with Crippen molar-refractivity contribution < 1.29 is 19.1 Å². The van der Waals surface area contributed by atoms with Gasteiger partial charge in [-0.25, -0.2) is 9.59 Å². The molecular formula is C28H48N2O4. The largest absolute Gasteiger partial charge is 0.461 e. The summed E-state index contributed by atoms with van der Waals surface area (Å²) in [7, 11) is 4.09. The Morgan fingerprint density at radius 3 is 1.38 bits per heavy atom. The van der Waals surface area contributed by atoms with E-state index >= 15 is 0 Å². The van der Waals surface area contributed by atoms with E-state index in [0.29, 0.717) is 26.3 Å². The van der Waals surface area contributed by atoms with E-state index in [4.69, 9.17) is 9.47 Å². The number of hydrogen-bond donors (Lipinski definition) is 0. The molecule has 0 amide bonds. The van der Waals surface area contributed by atoms with Crippen molar-refractivity contribution in [2.75, 3.05) is 53.5 Å². The lowest BCUT2D eigenvalue weighted by Crippen LogP contribution is -2.26. The lowest BCUT2D eigenvalue weighted by molar-refractivity contribution is 0.0426. The minimum atomic E-state index is -0.479. The first-order valence-corrected chi connectivity index (χ1v) is 13.3. The van der Waals surface area contributed by atoms with Gasteiger partial charge in [-0.2, -0.15) is 0 Å². The highest BCUT2D eigenvalue weighted by atomic mass is 16.5. The molecule has 0 N–H and O–H groups in total. The maximum atomic E-state index is 12.6. The smallest absolute Gasteiger partial charge is 0.339 e. The minimum Gasteiger partial charge on any atom is -0.461 e. The average molecular weight is 477 g/mol. The van der Waals surface area contributed by atoms with E-state index in [0.717, 1.165) is 25.9 Å². The summed E-state index contributed by atoms with van der Waals surface area (Å²) in [6.07, 6.45) is 12.4. The molecule has 0 saturated heterocycles.